The molecule has 0 saturated carbocycles. The Morgan fingerprint density at radius 3 is 2.85 bits per heavy atom. The lowest BCUT2D eigenvalue weighted by Crippen LogP contribution is -2.11. The Labute approximate surface area is 123 Å². The molecule has 0 aliphatic rings. The SMILES string of the molecule is COC(=O)Cn1cc(CCCN)c2ccc(Cl)c(C)c21. The second-order valence-corrected chi connectivity index (χ2v) is 5.23. The number of benzene rings is 1. The number of ether oxygens (including phenoxy) is 1. The van der Waals surface area contributed by atoms with E-state index in [2.05, 4.69) is 0 Å². The molecule has 0 bridgehead atoms. The van der Waals surface area contributed by atoms with Crippen molar-refractivity contribution in [1.82, 2.24) is 4.57 Å². The zero-order chi connectivity index (χ0) is 14.7. The highest BCUT2D eigenvalue weighted by atomic mass is 35.5. The number of nitrogens with zero attached hydrogens (tertiary/aromatic N) is 1. The molecule has 4 nitrogen and oxygen atoms in total. The number of hydrogen-bond acceptors (Lipinski definition) is 3. The van der Waals surface area contributed by atoms with Gasteiger partial charge >= 0.3 is 5.97 Å². The van der Waals surface area contributed by atoms with E-state index in [-0.39, 0.29) is 12.5 Å². The van der Waals surface area contributed by atoms with E-state index in [0.29, 0.717) is 11.6 Å². The lowest BCUT2D eigenvalue weighted by Gasteiger charge is -2.07. The fourth-order valence-corrected chi connectivity index (χ4v) is 2.60. The van der Waals surface area contributed by atoms with Crippen LogP contribution in [0.15, 0.2) is 18.3 Å². The number of fused-ring (bicyclic) bond motifs is 1. The molecule has 2 rings (SSSR count). The van der Waals surface area contributed by atoms with Crippen molar-refractivity contribution in [2.75, 3.05) is 13.7 Å². The molecule has 108 valence electrons. The van der Waals surface area contributed by atoms with Gasteiger partial charge in [0.2, 0.25) is 0 Å². The summed E-state index contributed by atoms with van der Waals surface area (Å²) < 4.78 is 6.66. The lowest BCUT2D eigenvalue weighted by atomic mass is 10.1. The van der Waals surface area contributed by atoms with Gasteiger partial charge in [-0.25, -0.2) is 0 Å². The van der Waals surface area contributed by atoms with Crippen LogP contribution in [0.5, 0.6) is 0 Å². The number of carbonyl (C=O) groups excluding carboxylic acids is 1. The second kappa shape index (κ2) is 6.29. The molecule has 0 saturated heterocycles. The molecule has 2 aromatic rings. The van der Waals surface area contributed by atoms with Crippen LogP contribution in [-0.2, 0) is 22.5 Å². The minimum Gasteiger partial charge on any atom is -0.468 e. The van der Waals surface area contributed by atoms with Crippen molar-refractivity contribution in [1.29, 1.82) is 0 Å². The number of esters is 1. The van der Waals surface area contributed by atoms with E-state index in [1.807, 2.05) is 29.8 Å². The molecule has 20 heavy (non-hydrogen) atoms. The molecule has 0 fully saturated rings. The zero-order valence-corrected chi connectivity index (χ0v) is 12.5. The summed E-state index contributed by atoms with van der Waals surface area (Å²) in [5.41, 5.74) is 8.74. The van der Waals surface area contributed by atoms with E-state index in [9.17, 15) is 4.79 Å². The molecule has 0 spiro atoms. The molecule has 1 aromatic carbocycles. The maximum Gasteiger partial charge on any atom is 0.325 e. The maximum absolute atomic E-state index is 11.5. The van der Waals surface area contributed by atoms with Crippen molar-refractivity contribution < 1.29 is 9.53 Å². The van der Waals surface area contributed by atoms with Crippen molar-refractivity contribution in [3.63, 3.8) is 0 Å². The van der Waals surface area contributed by atoms with Gasteiger partial charge in [0.15, 0.2) is 0 Å². The number of aromatic nitrogens is 1. The van der Waals surface area contributed by atoms with Gasteiger partial charge in [0.1, 0.15) is 6.54 Å². The van der Waals surface area contributed by atoms with Gasteiger partial charge in [0, 0.05) is 16.6 Å². The van der Waals surface area contributed by atoms with E-state index >= 15 is 0 Å². The fraction of sp³-hybridized carbons (Fsp3) is 0.400. The van der Waals surface area contributed by atoms with E-state index in [4.69, 9.17) is 22.1 Å². The van der Waals surface area contributed by atoms with Crippen LogP contribution < -0.4 is 5.73 Å². The second-order valence-electron chi connectivity index (χ2n) is 4.82. The van der Waals surface area contributed by atoms with Gasteiger partial charge in [-0.2, -0.15) is 0 Å². The molecule has 0 aliphatic carbocycles. The first kappa shape index (κ1) is 14.9. The van der Waals surface area contributed by atoms with Gasteiger partial charge in [0.05, 0.1) is 12.6 Å². The summed E-state index contributed by atoms with van der Waals surface area (Å²) >= 11 is 6.19. The minimum absolute atomic E-state index is 0.191. The van der Waals surface area contributed by atoms with Crippen molar-refractivity contribution in [3.8, 4) is 0 Å². The van der Waals surface area contributed by atoms with E-state index in [0.717, 1.165) is 29.3 Å². The fourth-order valence-electron chi connectivity index (χ4n) is 2.45. The van der Waals surface area contributed by atoms with Crippen molar-refractivity contribution in [2.45, 2.75) is 26.3 Å². The molecular weight excluding hydrogens is 276 g/mol. The largest absolute Gasteiger partial charge is 0.468 e. The van der Waals surface area contributed by atoms with Crippen LogP contribution in [0.3, 0.4) is 0 Å². The molecule has 1 heterocycles. The number of aryl methyl sites for hydroxylation is 2. The average Bonchev–Trinajstić information content (AvgIpc) is 2.78. The van der Waals surface area contributed by atoms with Crippen molar-refractivity contribution >= 4 is 28.5 Å². The normalized spacial score (nSPS) is 11.0. The van der Waals surface area contributed by atoms with E-state index in [1.165, 1.54) is 12.7 Å². The smallest absolute Gasteiger partial charge is 0.325 e. The Hall–Kier alpha value is -1.52. The summed E-state index contributed by atoms with van der Waals surface area (Å²) in [6.45, 7) is 2.80. The van der Waals surface area contributed by atoms with Gasteiger partial charge in [-0.15, -0.1) is 0 Å². The first-order valence-corrected chi connectivity index (χ1v) is 7.00. The number of rotatable bonds is 5. The number of halogens is 1. The number of methoxy groups -OCH3 is 1. The van der Waals surface area contributed by atoms with Gasteiger partial charge in [-0.05, 0) is 43.5 Å². The van der Waals surface area contributed by atoms with Gasteiger partial charge in [-0.3, -0.25) is 4.79 Å². The summed E-state index contributed by atoms with van der Waals surface area (Å²) in [6.07, 6.45) is 3.81. The Morgan fingerprint density at radius 2 is 2.20 bits per heavy atom. The zero-order valence-electron chi connectivity index (χ0n) is 11.8. The first-order valence-electron chi connectivity index (χ1n) is 6.62. The Bertz CT molecular complexity index is 634. The van der Waals surface area contributed by atoms with Crippen LogP contribution in [0.25, 0.3) is 10.9 Å². The van der Waals surface area contributed by atoms with Crippen molar-refractivity contribution in [3.05, 3.63) is 34.5 Å². The first-order chi connectivity index (χ1) is 9.58. The van der Waals surface area contributed by atoms with Crippen LogP contribution in [-0.4, -0.2) is 24.2 Å². The summed E-state index contributed by atoms with van der Waals surface area (Å²) in [6, 6.07) is 3.90. The highest BCUT2D eigenvalue weighted by Gasteiger charge is 2.14. The van der Waals surface area contributed by atoms with Crippen LogP contribution in [0.2, 0.25) is 5.02 Å². The van der Waals surface area contributed by atoms with Crippen molar-refractivity contribution in [2.24, 2.45) is 5.73 Å². The Balaban J connectivity index is 2.54. The summed E-state index contributed by atoms with van der Waals surface area (Å²) in [7, 11) is 1.39. The van der Waals surface area contributed by atoms with Gasteiger partial charge in [0.25, 0.3) is 0 Å². The molecule has 0 aliphatic heterocycles. The van der Waals surface area contributed by atoms with E-state index in [1.54, 1.807) is 0 Å². The molecule has 0 amide bonds. The maximum atomic E-state index is 11.5. The monoisotopic (exact) mass is 294 g/mol. The Kier molecular flexibility index (Phi) is 4.68. The minimum atomic E-state index is -0.272. The van der Waals surface area contributed by atoms with Crippen LogP contribution >= 0.6 is 11.6 Å². The molecule has 0 unspecified atom stereocenters. The van der Waals surface area contributed by atoms with Gasteiger partial charge < -0.3 is 15.0 Å². The third-order valence-corrected chi connectivity index (χ3v) is 3.90. The molecular formula is C15H19ClN2O2. The highest BCUT2D eigenvalue weighted by Crippen LogP contribution is 2.30. The topological polar surface area (TPSA) is 57.2 Å². The average molecular weight is 295 g/mol. The highest BCUT2D eigenvalue weighted by molar-refractivity contribution is 6.32. The van der Waals surface area contributed by atoms with Crippen LogP contribution in [0.1, 0.15) is 17.5 Å². The molecule has 2 N–H and O–H groups in total. The number of nitrogens with two attached hydrogens (primary N) is 1. The summed E-state index contributed by atoms with van der Waals surface area (Å²) in [4.78, 5) is 11.5. The number of hydrogen-bond donors (Lipinski definition) is 1. The predicted molar refractivity (Wildman–Crippen MR) is 81.1 cm³/mol. The van der Waals surface area contributed by atoms with Crippen LogP contribution in [0.4, 0.5) is 0 Å². The molecule has 0 atom stereocenters. The lowest BCUT2D eigenvalue weighted by molar-refractivity contribution is -0.141. The third kappa shape index (κ3) is 2.81. The van der Waals surface area contributed by atoms with Gasteiger partial charge in [-0.1, -0.05) is 17.7 Å². The summed E-state index contributed by atoms with van der Waals surface area (Å²) in [5, 5.41) is 1.83. The predicted octanol–water partition coefficient (Wildman–Crippen LogP) is 2.67. The van der Waals surface area contributed by atoms with E-state index < -0.39 is 0 Å². The van der Waals surface area contributed by atoms with Crippen LogP contribution in [0, 0.1) is 6.92 Å². The quantitative estimate of drug-likeness (QED) is 0.863. The Morgan fingerprint density at radius 1 is 1.45 bits per heavy atom. The standard InChI is InChI=1S/C15H19ClN2O2/c1-10-13(16)6-5-12-11(4-3-7-17)8-18(15(10)12)9-14(19)20-2/h5-6,8H,3-4,7,9,17H2,1-2H3. The molecule has 1 aromatic heterocycles. The summed E-state index contributed by atoms with van der Waals surface area (Å²) in [5.74, 6) is -0.272. The third-order valence-electron chi connectivity index (χ3n) is 3.49. The number of carbonyl (C=O) groups is 1. The molecule has 5 heteroatoms. The molecule has 0 radical (unpaired) electrons.